The van der Waals surface area contributed by atoms with E-state index in [-0.39, 0.29) is 24.2 Å². The zero-order valence-electron chi connectivity index (χ0n) is 36.0. The van der Waals surface area contributed by atoms with E-state index in [9.17, 15) is 39.6 Å². The van der Waals surface area contributed by atoms with E-state index in [4.69, 9.17) is 33.2 Å². The lowest BCUT2D eigenvalue weighted by Gasteiger charge is -2.67. The Labute approximate surface area is 344 Å². The van der Waals surface area contributed by atoms with Crippen molar-refractivity contribution in [3.05, 3.63) is 11.1 Å². The number of ketones is 1. The Bertz CT molecular complexity index is 1760. The van der Waals surface area contributed by atoms with Gasteiger partial charge in [-0.3, -0.25) is 9.59 Å². The number of nitrogens with one attached hydrogen (secondary N) is 1. The van der Waals surface area contributed by atoms with Gasteiger partial charge in [-0.05, 0) is 65.5 Å². The van der Waals surface area contributed by atoms with Crippen molar-refractivity contribution in [3.8, 4) is 0 Å². The third kappa shape index (κ3) is 7.04. The predicted molar refractivity (Wildman–Crippen MR) is 204 cm³/mol. The van der Waals surface area contributed by atoms with Crippen LogP contribution in [0.4, 0.5) is 9.59 Å². The maximum atomic E-state index is 15.1. The van der Waals surface area contributed by atoms with Crippen LogP contribution in [0.5, 0.6) is 0 Å². The number of aliphatic hydroxyl groups excluding tert-OH is 3. The summed E-state index contributed by atoms with van der Waals surface area (Å²) in [5.74, 6) is -4.74. The fourth-order valence-corrected chi connectivity index (χ4v) is 10.8. The van der Waals surface area contributed by atoms with Crippen LogP contribution in [-0.2, 0) is 47.5 Å². The molecule has 3 saturated carbocycles. The monoisotopic (exact) mass is 837 g/mol. The first kappa shape index (κ1) is 45.2. The van der Waals surface area contributed by atoms with Crippen molar-refractivity contribution >= 4 is 30.0 Å². The Kier molecular flexibility index (Phi) is 11.4. The molecule has 0 aromatic rings. The lowest BCUT2D eigenvalue weighted by molar-refractivity contribution is -0.347. The van der Waals surface area contributed by atoms with Gasteiger partial charge >= 0.3 is 24.2 Å². The van der Waals surface area contributed by atoms with Crippen LogP contribution in [0.15, 0.2) is 11.1 Å². The number of Topliss-reactive ketones (excluding diaryl/α,β-unsaturated/α-hetero) is 1. The van der Waals surface area contributed by atoms with Crippen LogP contribution in [0, 0.1) is 28.1 Å². The summed E-state index contributed by atoms with van der Waals surface area (Å²) in [7, 11) is 1.09. The second-order valence-electron chi connectivity index (χ2n) is 20.1. The molecule has 59 heavy (non-hydrogen) atoms. The highest BCUT2D eigenvalue weighted by Crippen LogP contribution is 2.65. The first-order valence-corrected chi connectivity index (χ1v) is 20.6. The second-order valence-corrected chi connectivity index (χ2v) is 20.1. The molecule has 5 N–H and O–H groups in total. The molecule has 0 spiro atoms. The minimum absolute atomic E-state index is 0.0387. The van der Waals surface area contributed by atoms with Crippen molar-refractivity contribution in [1.82, 2.24) is 5.32 Å². The highest BCUT2D eigenvalue weighted by atomic mass is 16.8. The molecule has 12 atom stereocenters. The first-order valence-electron chi connectivity index (χ1n) is 20.6. The van der Waals surface area contributed by atoms with Crippen LogP contribution in [0.1, 0.15) is 114 Å². The van der Waals surface area contributed by atoms with Gasteiger partial charge in [0.2, 0.25) is 0 Å². The molecule has 0 aromatic carbocycles. The van der Waals surface area contributed by atoms with Crippen LogP contribution < -0.4 is 5.32 Å². The Morgan fingerprint density at radius 1 is 0.915 bits per heavy atom. The van der Waals surface area contributed by atoms with Crippen molar-refractivity contribution < 1.29 is 77.6 Å². The van der Waals surface area contributed by atoms with E-state index in [2.05, 4.69) is 5.32 Å². The van der Waals surface area contributed by atoms with Gasteiger partial charge in [0.25, 0.3) is 0 Å². The number of alkyl carbamates (subject to hydrolysis) is 1. The van der Waals surface area contributed by atoms with E-state index in [1.165, 1.54) is 13.8 Å². The summed E-state index contributed by atoms with van der Waals surface area (Å²) in [6.07, 6.45) is -8.80. The van der Waals surface area contributed by atoms with E-state index in [1.807, 2.05) is 0 Å². The SMILES string of the molecule is COC(=O)O[C@@]12CO[C@@H]1C[C@H](O)[C@@]1(C)C(=O)[C@H](O)C3=C(C)[C@@](C)(OC(=O)C4OC(O)C(C)(C)[C@@H]4NC(=O)OC(C)(C)C)C[C@@](O)([C@@H](OC(=O)C4CCCCC4)C12)C3(C)C. The molecule has 2 bridgehead atoms. The van der Waals surface area contributed by atoms with E-state index in [1.54, 1.807) is 55.4 Å². The smallest absolute Gasteiger partial charge is 0.459 e. The number of amides is 1. The number of hydrogen-bond acceptors (Lipinski definition) is 16. The third-order valence-electron chi connectivity index (χ3n) is 14.6. The van der Waals surface area contributed by atoms with Gasteiger partial charge in [0.15, 0.2) is 23.8 Å². The van der Waals surface area contributed by atoms with Crippen molar-refractivity contribution in [2.24, 2.45) is 28.1 Å². The third-order valence-corrected chi connectivity index (χ3v) is 14.6. The number of rotatable bonds is 6. The minimum atomic E-state index is -2.35. The molecule has 5 fully saturated rings. The van der Waals surface area contributed by atoms with Crippen LogP contribution in [0.25, 0.3) is 0 Å². The van der Waals surface area contributed by atoms with Crippen molar-refractivity contribution in [2.75, 3.05) is 13.7 Å². The van der Waals surface area contributed by atoms with E-state index >= 15 is 4.79 Å². The molecule has 17 nitrogen and oxygen atoms in total. The zero-order chi connectivity index (χ0) is 44.1. The van der Waals surface area contributed by atoms with Crippen LogP contribution >= 0.6 is 0 Å². The van der Waals surface area contributed by atoms with Gasteiger partial charge in [-0.15, -0.1) is 0 Å². The van der Waals surface area contributed by atoms with Crippen molar-refractivity contribution in [3.63, 3.8) is 0 Å². The van der Waals surface area contributed by atoms with Gasteiger partial charge in [-0.2, -0.15) is 0 Å². The van der Waals surface area contributed by atoms with Gasteiger partial charge in [0.05, 0.1) is 43.1 Å². The molecule has 3 unspecified atom stereocenters. The van der Waals surface area contributed by atoms with Gasteiger partial charge in [0, 0.05) is 23.7 Å². The summed E-state index contributed by atoms with van der Waals surface area (Å²) >= 11 is 0. The van der Waals surface area contributed by atoms with E-state index in [0.29, 0.717) is 12.8 Å². The van der Waals surface area contributed by atoms with Crippen LogP contribution in [0.2, 0.25) is 0 Å². The van der Waals surface area contributed by atoms with Crippen molar-refractivity contribution in [1.29, 1.82) is 0 Å². The molecule has 2 aliphatic heterocycles. The average Bonchev–Trinajstić information content (AvgIpc) is 3.36. The Morgan fingerprint density at radius 2 is 1.54 bits per heavy atom. The molecule has 1 amide bonds. The molecular weight excluding hydrogens is 774 g/mol. The standard InChI is InChI=1S/C42H63NO16/c1-20-24-25(45)29(46)40(10)22(44)17-23-41(19-54-23,59-35(51)53-11)27(40)30(56-31(47)21-15-13-12-14-16-21)42(52,38(24,7)8)18-39(20,9)57-32(48)26-28(37(5,6)33(49)55-26)43-34(50)58-36(2,3)4/h21-23,25-28,30,33,44-45,49,52H,12-19H2,1-11H3,(H,43,50)/t22-,23+,25+,26?,27?,28+,30-,33?,39-,40+,41-,42+/m0/s1. The lowest BCUT2D eigenvalue weighted by Crippen LogP contribution is -2.82. The Morgan fingerprint density at radius 3 is 2.10 bits per heavy atom. The molecule has 6 rings (SSSR count). The van der Waals surface area contributed by atoms with Crippen LogP contribution in [-0.4, -0.2) is 129 Å². The van der Waals surface area contributed by atoms with Crippen molar-refractivity contribution in [2.45, 2.75) is 179 Å². The van der Waals surface area contributed by atoms with E-state index < -0.39 is 130 Å². The predicted octanol–water partition coefficient (Wildman–Crippen LogP) is 3.15. The quantitative estimate of drug-likeness (QED) is 0.147. The summed E-state index contributed by atoms with van der Waals surface area (Å²) in [6, 6.07) is -1.18. The maximum Gasteiger partial charge on any atom is 0.508 e. The average molecular weight is 838 g/mol. The summed E-state index contributed by atoms with van der Waals surface area (Å²) in [5.41, 5.74) is -11.7. The molecule has 17 heteroatoms. The lowest BCUT2D eigenvalue weighted by atomic mass is 9.44. The molecule has 2 heterocycles. The maximum absolute atomic E-state index is 15.1. The van der Waals surface area contributed by atoms with Gasteiger partial charge < -0.3 is 58.9 Å². The number of fused-ring (bicyclic) bond motifs is 5. The molecule has 6 aliphatic rings. The number of ether oxygens (including phenoxy) is 7. The molecule has 0 aromatic heterocycles. The normalized spacial score (nSPS) is 41.5. The van der Waals surface area contributed by atoms with E-state index in [0.717, 1.165) is 26.4 Å². The number of carbonyl (C=O) groups excluding carboxylic acids is 5. The number of carbonyl (C=O) groups is 5. The number of hydrogen-bond donors (Lipinski definition) is 5. The molecule has 0 radical (unpaired) electrons. The van der Waals surface area contributed by atoms with Gasteiger partial charge in [-0.1, -0.05) is 47.0 Å². The molecular formula is C42H63NO16. The fraction of sp³-hybridized carbons (Fsp3) is 0.833. The highest BCUT2D eigenvalue weighted by Gasteiger charge is 2.79. The summed E-state index contributed by atoms with van der Waals surface area (Å²) in [6.45, 7) is 15.4. The summed E-state index contributed by atoms with van der Waals surface area (Å²) in [5, 5.41) is 51.6. The topological polar surface area (TPSA) is 243 Å². The number of methoxy groups -OCH3 is 1. The summed E-state index contributed by atoms with van der Waals surface area (Å²) < 4.78 is 40.7. The Hall–Kier alpha value is -3.35. The molecule has 4 aliphatic carbocycles. The van der Waals surface area contributed by atoms with Gasteiger partial charge in [0.1, 0.15) is 35.1 Å². The summed E-state index contributed by atoms with van der Waals surface area (Å²) in [4.78, 5) is 70.0. The molecule has 332 valence electrons. The highest BCUT2D eigenvalue weighted by molar-refractivity contribution is 5.93. The zero-order valence-corrected chi connectivity index (χ0v) is 36.0. The Balaban J connectivity index is 1.51. The largest absolute Gasteiger partial charge is 0.508 e. The number of esters is 2. The second kappa shape index (κ2) is 14.9. The fourth-order valence-electron chi connectivity index (χ4n) is 10.8. The van der Waals surface area contributed by atoms with Gasteiger partial charge in [-0.25, -0.2) is 14.4 Å². The first-order chi connectivity index (χ1) is 27.1. The number of aliphatic hydroxyl groups is 4. The molecule has 2 saturated heterocycles. The minimum Gasteiger partial charge on any atom is -0.459 e. The van der Waals surface area contributed by atoms with Crippen LogP contribution in [0.3, 0.4) is 0 Å².